The lowest BCUT2D eigenvalue weighted by Gasteiger charge is -2.34. The highest BCUT2D eigenvalue weighted by molar-refractivity contribution is 6.01. The monoisotopic (exact) mass is 1580 g/mol. The number of nitrogens with two attached hydrogens (primary N) is 4. The third-order valence-corrected chi connectivity index (χ3v) is 18.5. The summed E-state index contributed by atoms with van der Waals surface area (Å²) >= 11 is 0. The van der Waals surface area contributed by atoms with E-state index in [0.717, 1.165) is 9.80 Å². The second-order valence-corrected chi connectivity index (χ2v) is 28.9. The van der Waals surface area contributed by atoms with Crippen molar-refractivity contribution in [2.75, 3.05) is 60.0 Å². The van der Waals surface area contributed by atoms with Crippen molar-refractivity contribution in [2.45, 2.75) is 204 Å². The molecule has 0 radical (unpaired) electrons. The molecule has 14 amide bonds. The number of carboxylic acids is 1. The van der Waals surface area contributed by atoms with Crippen molar-refractivity contribution in [3.63, 3.8) is 0 Å². The highest BCUT2D eigenvalue weighted by Crippen LogP contribution is 2.23. The van der Waals surface area contributed by atoms with Crippen molar-refractivity contribution < 1.29 is 102 Å². The van der Waals surface area contributed by atoms with Crippen molar-refractivity contribution in [3.05, 3.63) is 71.9 Å². The van der Waals surface area contributed by atoms with Gasteiger partial charge in [-0.05, 0) is 99.4 Å². The van der Waals surface area contributed by atoms with Crippen LogP contribution in [0.1, 0.15) is 130 Å². The van der Waals surface area contributed by atoms with Gasteiger partial charge in [0.2, 0.25) is 82.7 Å². The SMILES string of the molecule is CC(C)CCCC1CC(=O)NC(CO)C(=O)NC(C(O)C(N)=O)C(=O)NC(CO)C(=O)NCCC(=O)N(C)C(Cc2ccccc2)C(=O)NC(CC(C)C)C(=O)NC(CCCN)C(=O)NC(CCC(=O)O)C(=O)N(CC(N)=O)CC(=O)NC(Cc2c[nH]c3ccccc23)C(=O)NC(CCCN)C(=O)N(C)C(C(C)C)C(=O)O1. The standard InChI is InChI=1S/C74H113N17O21/c1-40(2)17-14-20-45-34-57(95)82-54(39-93)69(106)88-61(63(100)64(78)101)71(108)87-53(38-92)65(102)79-30-27-59(97)89(7)55(32-43-18-10-9-11-19-43)70(107)86-51(31-41(3)4)67(104)83-48(23-15-28-75)66(103)85-50(25-26-60(98)99)73(110)91(36-56(77)94)37-58(96)81-52(33-44-35-80-47-22-13-12-21-46(44)47)68(105)84-49(24-16-29-76)72(109)90(8)62(42(5)6)74(111)112-45/h9-13,18-19,21-22,35,40-42,45,48-55,61-63,80,92-93,100H,14-17,20,23-34,36-39,75-76H2,1-8H3,(H2,77,94)(H2,78,101)(H,79,102)(H,81,96)(H,82,95)(H,83,104)(H,84,105)(H,85,103)(H,86,107)(H,87,108)(H,88,106)(H,98,99). The molecule has 1 aromatic heterocycles. The van der Waals surface area contributed by atoms with E-state index >= 15 is 4.79 Å². The molecule has 0 spiro atoms. The van der Waals surface area contributed by atoms with Crippen LogP contribution in [0.25, 0.3) is 10.9 Å². The fourth-order valence-corrected chi connectivity index (χ4v) is 12.5. The van der Waals surface area contributed by atoms with Crippen LogP contribution in [0.4, 0.5) is 0 Å². The lowest BCUT2D eigenvalue weighted by atomic mass is 9.99. The molecule has 1 fully saturated rings. The minimum absolute atomic E-state index is 0.0118. The van der Waals surface area contributed by atoms with Crippen LogP contribution in [0, 0.1) is 17.8 Å². The van der Waals surface area contributed by atoms with E-state index in [-0.39, 0.29) is 76.3 Å². The number of fused-ring (bicyclic) bond motifs is 1. The number of benzene rings is 2. The Morgan fingerprint density at radius 2 is 1.13 bits per heavy atom. The highest BCUT2D eigenvalue weighted by Gasteiger charge is 2.41. The summed E-state index contributed by atoms with van der Waals surface area (Å²) in [6, 6.07) is -1.94. The van der Waals surface area contributed by atoms with Gasteiger partial charge < -0.3 is 116 Å². The molecule has 38 nitrogen and oxygen atoms in total. The van der Waals surface area contributed by atoms with E-state index in [1.165, 1.54) is 14.1 Å². The average molecular weight is 1580 g/mol. The van der Waals surface area contributed by atoms with Crippen LogP contribution in [0.15, 0.2) is 60.8 Å². The third kappa shape index (κ3) is 30.2. The van der Waals surface area contributed by atoms with Gasteiger partial charge in [0.1, 0.15) is 73.1 Å². The Balaban J connectivity index is 1.91. The number of H-pyrrole nitrogens is 1. The van der Waals surface area contributed by atoms with Gasteiger partial charge in [-0.3, -0.25) is 71.9 Å². The number of aliphatic hydroxyl groups is 3. The Labute approximate surface area is 649 Å². The van der Waals surface area contributed by atoms with Gasteiger partial charge in [0, 0.05) is 63.4 Å². The maximum Gasteiger partial charge on any atom is 0.329 e. The number of cyclic esters (lactones) is 1. The average Bonchev–Trinajstić information content (AvgIpc) is 1.70. The minimum Gasteiger partial charge on any atom is -0.481 e. The molecule has 1 aliphatic rings. The normalized spacial score (nSPS) is 23.7. The number of aliphatic carboxylic acids is 1. The Bertz CT molecular complexity index is 3730. The molecule has 0 bridgehead atoms. The number of esters is 1. The van der Waals surface area contributed by atoms with Crippen molar-refractivity contribution in [1.29, 1.82) is 0 Å². The van der Waals surface area contributed by atoms with E-state index in [0.29, 0.717) is 39.8 Å². The molecule has 112 heavy (non-hydrogen) atoms. The Morgan fingerprint density at radius 3 is 1.72 bits per heavy atom. The quantitative estimate of drug-likeness (QED) is 0.0336. The van der Waals surface area contributed by atoms with E-state index in [2.05, 4.69) is 47.5 Å². The molecule has 2 aromatic carbocycles. The number of aliphatic hydroxyl groups excluding tert-OH is 3. The number of rotatable bonds is 26. The van der Waals surface area contributed by atoms with Crippen molar-refractivity contribution in [1.82, 2.24) is 67.5 Å². The first-order chi connectivity index (χ1) is 52.9. The van der Waals surface area contributed by atoms with E-state index in [1.807, 2.05) is 19.2 Å². The van der Waals surface area contributed by atoms with Gasteiger partial charge in [-0.2, -0.15) is 0 Å². The molecule has 4 rings (SSSR count). The molecule has 620 valence electrons. The number of aromatic amines is 1. The molecule has 1 saturated heterocycles. The molecule has 12 unspecified atom stereocenters. The number of carboxylic acid groups (broad SMARTS) is 1. The van der Waals surface area contributed by atoms with Gasteiger partial charge >= 0.3 is 11.9 Å². The van der Waals surface area contributed by atoms with Crippen LogP contribution >= 0.6 is 0 Å². The second kappa shape index (κ2) is 46.8. The third-order valence-electron chi connectivity index (χ3n) is 18.5. The summed E-state index contributed by atoms with van der Waals surface area (Å²) in [5.41, 5.74) is 24.5. The summed E-state index contributed by atoms with van der Waals surface area (Å²) in [5.74, 6) is -19.2. The summed E-state index contributed by atoms with van der Waals surface area (Å²) in [4.78, 5) is 231. The number of primary amides is 2. The van der Waals surface area contributed by atoms with Gasteiger partial charge in [-0.25, -0.2) is 4.79 Å². The van der Waals surface area contributed by atoms with E-state index in [1.54, 1.807) is 88.5 Å². The molecule has 22 N–H and O–H groups in total. The van der Waals surface area contributed by atoms with Crippen LogP contribution in [0.5, 0.6) is 0 Å². The summed E-state index contributed by atoms with van der Waals surface area (Å²) in [5, 5.41) is 64.0. The molecule has 0 saturated carbocycles. The zero-order valence-corrected chi connectivity index (χ0v) is 64.7. The number of amides is 14. The number of nitrogens with zero attached hydrogens (tertiary/aromatic N) is 3. The number of carbonyl (C=O) groups excluding carboxylic acids is 15. The lowest BCUT2D eigenvalue weighted by molar-refractivity contribution is -0.162. The van der Waals surface area contributed by atoms with Gasteiger partial charge in [0.25, 0.3) is 0 Å². The summed E-state index contributed by atoms with van der Waals surface area (Å²) in [6.45, 7) is 5.38. The molecule has 3 aromatic rings. The molecule has 12 atom stereocenters. The zero-order valence-electron chi connectivity index (χ0n) is 64.7. The Kier molecular flexibility index (Phi) is 39.2. The maximum atomic E-state index is 15.0. The van der Waals surface area contributed by atoms with Crippen LogP contribution in [0.2, 0.25) is 0 Å². The predicted octanol–water partition coefficient (Wildman–Crippen LogP) is -4.68. The number of likely N-dealkylation sites (N-methyl/N-ethyl adjacent to an activating group) is 2. The number of hydrogen-bond acceptors (Lipinski definition) is 22. The Morgan fingerprint density at radius 1 is 0.580 bits per heavy atom. The molecule has 0 aliphatic carbocycles. The summed E-state index contributed by atoms with van der Waals surface area (Å²) in [6.07, 6.45) is -4.84. The molecular weight excluding hydrogens is 1460 g/mol. The van der Waals surface area contributed by atoms with Gasteiger partial charge in [0.05, 0.1) is 26.2 Å². The van der Waals surface area contributed by atoms with Crippen LogP contribution < -0.4 is 70.8 Å². The molecule has 2 heterocycles. The number of ether oxygens (including phenoxy) is 1. The van der Waals surface area contributed by atoms with Crippen molar-refractivity contribution in [2.24, 2.45) is 40.7 Å². The first-order valence-corrected chi connectivity index (χ1v) is 37.3. The van der Waals surface area contributed by atoms with Gasteiger partial charge in [-0.15, -0.1) is 0 Å². The number of carbonyl (C=O) groups is 16. The Hall–Kier alpha value is -10.7. The largest absolute Gasteiger partial charge is 0.481 e. The number of aromatic nitrogens is 1. The molecule has 1 aliphatic heterocycles. The topological polar surface area (TPSA) is 601 Å². The van der Waals surface area contributed by atoms with Crippen molar-refractivity contribution in [3.8, 4) is 0 Å². The maximum absolute atomic E-state index is 15.0. The predicted molar refractivity (Wildman–Crippen MR) is 404 cm³/mol. The van der Waals surface area contributed by atoms with Crippen molar-refractivity contribution >= 4 is 106 Å². The minimum atomic E-state index is -2.56. The van der Waals surface area contributed by atoms with Crippen LogP contribution in [-0.4, -0.2) is 267 Å². The summed E-state index contributed by atoms with van der Waals surface area (Å²) < 4.78 is 6.02. The summed E-state index contributed by atoms with van der Waals surface area (Å²) in [7, 11) is 2.53. The van der Waals surface area contributed by atoms with Gasteiger partial charge in [-0.1, -0.05) is 96.5 Å². The van der Waals surface area contributed by atoms with Crippen LogP contribution in [0.3, 0.4) is 0 Å². The van der Waals surface area contributed by atoms with Crippen LogP contribution in [-0.2, 0) is 94.3 Å². The zero-order chi connectivity index (χ0) is 83.6. The van der Waals surface area contributed by atoms with E-state index in [9.17, 15) is 92.3 Å². The lowest BCUT2D eigenvalue weighted by Crippen LogP contribution is -2.63. The second-order valence-electron chi connectivity index (χ2n) is 28.9. The first-order valence-electron chi connectivity index (χ1n) is 37.3. The highest BCUT2D eigenvalue weighted by atomic mass is 16.5. The van der Waals surface area contributed by atoms with Gasteiger partial charge in [0.15, 0.2) is 6.10 Å². The fourth-order valence-electron chi connectivity index (χ4n) is 12.5. The molecule has 38 heteroatoms. The fraction of sp³-hybridized carbons (Fsp3) is 0.595. The molecular formula is C74H113N17O21. The first kappa shape index (κ1) is 93.7. The number of hydrogen-bond donors (Lipinski definition) is 18. The smallest absolute Gasteiger partial charge is 0.329 e. The number of nitrogens with one attached hydrogen (secondary N) is 10. The number of para-hydroxylation sites is 1. The van der Waals surface area contributed by atoms with E-state index in [4.69, 9.17) is 27.7 Å². The van der Waals surface area contributed by atoms with E-state index < -0.39 is 232 Å².